The van der Waals surface area contributed by atoms with E-state index in [0.29, 0.717) is 0 Å². The van der Waals surface area contributed by atoms with Crippen molar-refractivity contribution in [2.75, 3.05) is 20.1 Å². The molecule has 0 aromatic carbocycles. The van der Waals surface area contributed by atoms with Gasteiger partial charge in [-0.1, -0.05) is 0 Å². The highest BCUT2D eigenvalue weighted by atomic mass is 15.2. The SMILES string of the molecule is CN(C1CCNCC1)C1CC1. The largest absolute Gasteiger partial charge is 0.317 e. The van der Waals surface area contributed by atoms with Crippen molar-refractivity contribution in [3.05, 3.63) is 0 Å². The molecule has 2 rings (SSSR count). The van der Waals surface area contributed by atoms with Crippen LogP contribution in [-0.4, -0.2) is 37.1 Å². The lowest BCUT2D eigenvalue weighted by molar-refractivity contribution is 0.190. The summed E-state index contributed by atoms with van der Waals surface area (Å²) in [5, 5.41) is 3.40. The van der Waals surface area contributed by atoms with Crippen LogP contribution in [0.3, 0.4) is 0 Å². The van der Waals surface area contributed by atoms with Gasteiger partial charge in [0, 0.05) is 12.1 Å². The molecule has 0 radical (unpaired) electrons. The Kier molecular flexibility index (Phi) is 2.14. The van der Waals surface area contributed by atoms with Crippen LogP contribution in [0.25, 0.3) is 0 Å². The summed E-state index contributed by atoms with van der Waals surface area (Å²) in [7, 11) is 2.30. The summed E-state index contributed by atoms with van der Waals surface area (Å²) in [6.07, 6.45) is 5.60. The van der Waals surface area contributed by atoms with Crippen LogP contribution < -0.4 is 5.32 Å². The summed E-state index contributed by atoms with van der Waals surface area (Å²) in [6.45, 7) is 2.45. The summed E-state index contributed by atoms with van der Waals surface area (Å²) in [6, 6.07) is 1.82. The minimum Gasteiger partial charge on any atom is -0.317 e. The quantitative estimate of drug-likeness (QED) is 0.634. The number of piperidine rings is 1. The minimum absolute atomic E-state index is 0.878. The van der Waals surface area contributed by atoms with E-state index in [4.69, 9.17) is 0 Å². The fraction of sp³-hybridized carbons (Fsp3) is 1.00. The van der Waals surface area contributed by atoms with Crippen LogP contribution in [0.4, 0.5) is 0 Å². The van der Waals surface area contributed by atoms with Gasteiger partial charge in [-0.15, -0.1) is 0 Å². The van der Waals surface area contributed by atoms with E-state index in [-0.39, 0.29) is 0 Å². The third-order valence-electron chi connectivity index (χ3n) is 3.01. The predicted octanol–water partition coefficient (Wildman–Crippen LogP) is 0.833. The highest BCUT2D eigenvalue weighted by molar-refractivity contribution is 4.88. The van der Waals surface area contributed by atoms with E-state index in [1.165, 1.54) is 38.8 Å². The van der Waals surface area contributed by atoms with Gasteiger partial charge in [0.25, 0.3) is 0 Å². The first-order valence-electron chi connectivity index (χ1n) is 4.80. The summed E-state index contributed by atoms with van der Waals surface area (Å²) in [5.74, 6) is 0. The van der Waals surface area contributed by atoms with E-state index in [0.717, 1.165) is 12.1 Å². The second-order valence-corrected chi connectivity index (χ2v) is 3.88. The number of nitrogens with one attached hydrogen (secondary N) is 1. The molecule has 0 aromatic rings. The van der Waals surface area contributed by atoms with Crippen LogP contribution >= 0.6 is 0 Å². The van der Waals surface area contributed by atoms with Gasteiger partial charge in [-0.05, 0) is 45.8 Å². The molecule has 0 bridgehead atoms. The monoisotopic (exact) mass is 154 g/mol. The minimum atomic E-state index is 0.878. The molecule has 1 saturated carbocycles. The van der Waals surface area contributed by atoms with Crippen molar-refractivity contribution in [2.24, 2.45) is 0 Å². The molecular formula is C9H18N2. The molecule has 2 fully saturated rings. The number of hydrogen-bond donors (Lipinski definition) is 1. The molecule has 0 spiro atoms. The van der Waals surface area contributed by atoms with E-state index in [1.807, 2.05) is 0 Å². The molecule has 1 heterocycles. The Bertz CT molecular complexity index is 126. The van der Waals surface area contributed by atoms with Crippen molar-refractivity contribution in [1.29, 1.82) is 0 Å². The van der Waals surface area contributed by atoms with Crippen LogP contribution in [0.2, 0.25) is 0 Å². The van der Waals surface area contributed by atoms with Gasteiger partial charge in [-0.2, -0.15) is 0 Å². The Balaban J connectivity index is 1.81. The first kappa shape index (κ1) is 7.56. The lowest BCUT2D eigenvalue weighted by Crippen LogP contribution is -2.42. The van der Waals surface area contributed by atoms with Crippen molar-refractivity contribution >= 4 is 0 Å². The molecule has 1 aliphatic carbocycles. The zero-order chi connectivity index (χ0) is 7.68. The van der Waals surface area contributed by atoms with Crippen LogP contribution in [0.15, 0.2) is 0 Å². The molecule has 2 nitrogen and oxygen atoms in total. The van der Waals surface area contributed by atoms with E-state index >= 15 is 0 Å². The average Bonchev–Trinajstić information content (AvgIpc) is 2.87. The van der Waals surface area contributed by atoms with E-state index in [2.05, 4.69) is 17.3 Å². The number of rotatable bonds is 2. The standard InChI is InChI=1S/C9H18N2/c1-11(8-2-3-8)9-4-6-10-7-5-9/h8-10H,2-7H2,1H3. The van der Waals surface area contributed by atoms with Crippen LogP contribution in [-0.2, 0) is 0 Å². The van der Waals surface area contributed by atoms with Gasteiger partial charge in [0.05, 0.1) is 0 Å². The molecular weight excluding hydrogens is 136 g/mol. The van der Waals surface area contributed by atoms with Gasteiger partial charge in [-0.3, -0.25) is 0 Å². The van der Waals surface area contributed by atoms with Gasteiger partial charge < -0.3 is 10.2 Å². The van der Waals surface area contributed by atoms with Crippen molar-refractivity contribution in [3.8, 4) is 0 Å². The van der Waals surface area contributed by atoms with Gasteiger partial charge in [0.2, 0.25) is 0 Å². The molecule has 0 atom stereocenters. The summed E-state index contributed by atoms with van der Waals surface area (Å²) >= 11 is 0. The van der Waals surface area contributed by atoms with Crippen molar-refractivity contribution in [1.82, 2.24) is 10.2 Å². The van der Waals surface area contributed by atoms with Crippen LogP contribution in [0.1, 0.15) is 25.7 Å². The van der Waals surface area contributed by atoms with E-state index in [1.54, 1.807) is 0 Å². The maximum absolute atomic E-state index is 3.40. The lowest BCUT2D eigenvalue weighted by Gasteiger charge is -2.31. The fourth-order valence-corrected chi connectivity index (χ4v) is 1.99. The molecule has 64 valence electrons. The smallest absolute Gasteiger partial charge is 0.0119 e. The lowest BCUT2D eigenvalue weighted by atomic mass is 10.1. The number of hydrogen-bond acceptors (Lipinski definition) is 2. The first-order valence-corrected chi connectivity index (χ1v) is 4.80. The Hall–Kier alpha value is -0.0800. The van der Waals surface area contributed by atoms with Gasteiger partial charge >= 0.3 is 0 Å². The normalized spacial score (nSPS) is 27.8. The Morgan fingerprint density at radius 1 is 1.00 bits per heavy atom. The van der Waals surface area contributed by atoms with Gasteiger partial charge in [-0.25, -0.2) is 0 Å². The second kappa shape index (κ2) is 3.11. The molecule has 2 heteroatoms. The average molecular weight is 154 g/mol. The summed E-state index contributed by atoms with van der Waals surface area (Å²) < 4.78 is 0. The van der Waals surface area contributed by atoms with E-state index in [9.17, 15) is 0 Å². The van der Waals surface area contributed by atoms with E-state index < -0.39 is 0 Å². The van der Waals surface area contributed by atoms with Crippen molar-refractivity contribution in [2.45, 2.75) is 37.8 Å². The molecule has 1 saturated heterocycles. The zero-order valence-corrected chi connectivity index (χ0v) is 7.34. The molecule has 0 amide bonds. The zero-order valence-electron chi connectivity index (χ0n) is 7.34. The highest BCUT2D eigenvalue weighted by Crippen LogP contribution is 2.29. The maximum atomic E-state index is 3.40. The third kappa shape index (κ3) is 1.74. The van der Waals surface area contributed by atoms with Gasteiger partial charge in [0.15, 0.2) is 0 Å². The molecule has 11 heavy (non-hydrogen) atoms. The van der Waals surface area contributed by atoms with Crippen molar-refractivity contribution in [3.63, 3.8) is 0 Å². The molecule has 1 N–H and O–H groups in total. The predicted molar refractivity (Wildman–Crippen MR) is 46.7 cm³/mol. The third-order valence-corrected chi connectivity index (χ3v) is 3.01. The summed E-state index contributed by atoms with van der Waals surface area (Å²) in [5.41, 5.74) is 0. The number of nitrogens with zero attached hydrogens (tertiary/aromatic N) is 1. The first-order chi connectivity index (χ1) is 5.38. The van der Waals surface area contributed by atoms with Crippen LogP contribution in [0.5, 0.6) is 0 Å². The molecule has 0 aromatic heterocycles. The Morgan fingerprint density at radius 3 is 2.09 bits per heavy atom. The highest BCUT2D eigenvalue weighted by Gasteiger charge is 2.31. The van der Waals surface area contributed by atoms with Crippen molar-refractivity contribution < 1.29 is 0 Å². The fourth-order valence-electron chi connectivity index (χ4n) is 1.99. The second-order valence-electron chi connectivity index (χ2n) is 3.88. The molecule has 1 aliphatic heterocycles. The Morgan fingerprint density at radius 2 is 1.55 bits per heavy atom. The maximum Gasteiger partial charge on any atom is 0.0119 e. The van der Waals surface area contributed by atoms with Gasteiger partial charge in [0.1, 0.15) is 0 Å². The molecule has 0 unspecified atom stereocenters. The molecule has 2 aliphatic rings. The Labute approximate surface area is 69.0 Å². The van der Waals surface area contributed by atoms with Crippen LogP contribution in [0, 0.1) is 0 Å². The summed E-state index contributed by atoms with van der Waals surface area (Å²) in [4.78, 5) is 2.60. The topological polar surface area (TPSA) is 15.3 Å².